The Kier molecular flexibility index (Phi) is 8.12. The Balaban J connectivity index is 1.52. The predicted octanol–water partition coefficient (Wildman–Crippen LogP) is 4.29. The molecule has 7 nitrogen and oxygen atoms in total. The van der Waals surface area contributed by atoms with Gasteiger partial charge in [0, 0.05) is 28.4 Å². The van der Waals surface area contributed by atoms with Gasteiger partial charge >= 0.3 is 12.1 Å². The number of rotatable bonds is 8. The second-order valence-corrected chi connectivity index (χ2v) is 10.2. The van der Waals surface area contributed by atoms with Gasteiger partial charge in [0.25, 0.3) is 0 Å². The maximum Gasteiger partial charge on any atom is 0.408 e. The van der Waals surface area contributed by atoms with E-state index < -0.39 is 23.7 Å². The number of anilines is 1. The molecule has 0 aromatic carbocycles. The molecule has 2 N–H and O–H groups in total. The highest BCUT2D eigenvalue weighted by molar-refractivity contribution is 7.12. The van der Waals surface area contributed by atoms with Gasteiger partial charge in [-0.15, -0.1) is 11.3 Å². The van der Waals surface area contributed by atoms with Gasteiger partial charge in [-0.1, -0.05) is 6.07 Å². The van der Waals surface area contributed by atoms with Gasteiger partial charge in [-0.05, 0) is 76.6 Å². The number of esters is 1. The number of pyridine rings is 1. The van der Waals surface area contributed by atoms with Crippen molar-refractivity contribution in [3.63, 3.8) is 0 Å². The predicted molar refractivity (Wildman–Crippen MR) is 126 cm³/mol. The van der Waals surface area contributed by atoms with E-state index in [2.05, 4.69) is 28.8 Å². The molecule has 3 rings (SSSR count). The Morgan fingerprint density at radius 2 is 1.97 bits per heavy atom. The third-order valence-electron chi connectivity index (χ3n) is 5.11. The van der Waals surface area contributed by atoms with Crippen LogP contribution in [0.3, 0.4) is 0 Å². The van der Waals surface area contributed by atoms with E-state index in [9.17, 15) is 9.59 Å². The van der Waals surface area contributed by atoms with E-state index >= 15 is 0 Å². The second-order valence-electron chi connectivity index (χ2n) is 8.99. The number of nitrogens with one attached hydrogen (secondary N) is 2. The summed E-state index contributed by atoms with van der Waals surface area (Å²) >= 11 is 1.65. The van der Waals surface area contributed by atoms with E-state index in [0.717, 1.165) is 48.6 Å². The number of ether oxygens (including phenoxy) is 2. The van der Waals surface area contributed by atoms with E-state index in [1.807, 2.05) is 6.07 Å². The maximum absolute atomic E-state index is 12.2. The van der Waals surface area contributed by atoms with Gasteiger partial charge in [0.2, 0.25) is 0 Å². The fraction of sp³-hybridized carbons (Fsp3) is 0.542. The first-order chi connectivity index (χ1) is 15.2. The molecule has 0 unspecified atom stereocenters. The maximum atomic E-state index is 12.2. The highest BCUT2D eigenvalue weighted by atomic mass is 32.1. The van der Waals surface area contributed by atoms with Gasteiger partial charge in [-0.2, -0.15) is 0 Å². The molecule has 0 bridgehead atoms. The van der Waals surface area contributed by atoms with Gasteiger partial charge in [0.15, 0.2) is 0 Å². The molecule has 2 aromatic heterocycles. The zero-order valence-electron chi connectivity index (χ0n) is 19.3. The number of carbonyl (C=O) groups excluding carboxylic acids is 2. The first-order valence-corrected chi connectivity index (χ1v) is 11.9. The molecule has 3 heterocycles. The number of hydrogen-bond acceptors (Lipinski definition) is 7. The van der Waals surface area contributed by atoms with Crippen molar-refractivity contribution in [2.24, 2.45) is 0 Å². The van der Waals surface area contributed by atoms with Gasteiger partial charge in [0.05, 0.1) is 7.11 Å². The Labute approximate surface area is 193 Å². The summed E-state index contributed by atoms with van der Waals surface area (Å²) < 4.78 is 10.1. The summed E-state index contributed by atoms with van der Waals surface area (Å²) in [6, 6.07) is 7.64. The number of aryl methyl sites for hydroxylation is 3. The molecule has 1 aliphatic rings. The molecule has 0 radical (unpaired) electrons. The number of aromatic nitrogens is 1. The van der Waals surface area contributed by atoms with Gasteiger partial charge in [-0.3, -0.25) is 0 Å². The average Bonchev–Trinajstić information content (AvgIpc) is 3.18. The smallest absolute Gasteiger partial charge is 0.408 e. The highest BCUT2D eigenvalue weighted by Crippen LogP contribution is 2.23. The number of amides is 1. The summed E-state index contributed by atoms with van der Waals surface area (Å²) in [7, 11) is 1.32. The number of alkyl carbamates (subject to hydrolysis) is 1. The molecule has 2 aromatic rings. The number of hydrogen-bond donors (Lipinski definition) is 2. The van der Waals surface area contributed by atoms with Crippen LogP contribution in [0.1, 0.15) is 54.6 Å². The third kappa shape index (κ3) is 7.22. The van der Waals surface area contributed by atoms with Crippen molar-refractivity contribution in [2.75, 3.05) is 19.0 Å². The topological polar surface area (TPSA) is 89.5 Å². The van der Waals surface area contributed by atoms with Crippen molar-refractivity contribution in [1.29, 1.82) is 0 Å². The van der Waals surface area contributed by atoms with Gasteiger partial charge < -0.3 is 20.1 Å². The molecule has 0 saturated carbocycles. The van der Waals surface area contributed by atoms with Crippen LogP contribution in [0.4, 0.5) is 10.6 Å². The molecule has 0 fully saturated rings. The minimum Gasteiger partial charge on any atom is -0.467 e. The third-order valence-corrected chi connectivity index (χ3v) is 6.27. The summed E-state index contributed by atoms with van der Waals surface area (Å²) in [5.74, 6) is 0.552. The van der Waals surface area contributed by atoms with Crippen LogP contribution in [0.5, 0.6) is 0 Å². The van der Waals surface area contributed by atoms with E-state index in [1.165, 1.54) is 24.0 Å². The van der Waals surface area contributed by atoms with E-state index in [4.69, 9.17) is 14.5 Å². The lowest BCUT2D eigenvalue weighted by molar-refractivity contribution is -0.143. The summed E-state index contributed by atoms with van der Waals surface area (Å²) in [5.41, 5.74) is 1.79. The molecular weight excluding hydrogens is 426 g/mol. The molecule has 174 valence electrons. The summed E-state index contributed by atoms with van der Waals surface area (Å²) in [4.78, 5) is 31.3. The zero-order chi connectivity index (χ0) is 23.1. The van der Waals surface area contributed by atoms with Crippen LogP contribution in [0.2, 0.25) is 0 Å². The fourth-order valence-electron chi connectivity index (χ4n) is 3.60. The SMILES string of the molecule is COC(=O)[C@H](Cc1ccc(CCCc2ccc3c(n2)NCCC3)s1)NC(=O)OC(C)(C)C. The Hall–Kier alpha value is -2.61. The van der Waals surface area contributed by atoms with Crippen molar-refractivity contribution < 1.29 is 19.1 Å². The quantitative estimate of drug-likeness (QED) is 0.573. The molecule has 0 spiro atoms. The van der Waals surface area contributed by atoms with E-state index in [0.29, 0.717) is 6.42 Å². The van der Waals surface area contributed by atoms with Crippen LogP contribution >= 0.6 is 11.3 Å². The summed E-state index contributed by atoms with van der Waals surface area (Å²) in [6.45, 7) is 6.33. The Morgan fingerprint density at radius 3 is 2.72 bits per heavy atom. The highest BCUT2D eigenvalue weighted by Gasteiger charge is 2.25. The molecule has 32 heavy (non-hydrogen) atoms. The van der Waals surface area contributed by atoms with Crippen LogP contribution in [-0.2, 0) is 40.0 Å². The van der Waals surface area contributed by atoms with Crippen molar-refractivity contribution >= 4 is 29.2 Å². The minimum atomic E-state index is -0.784. The van der Waals surface area contributed by atoms with Crippen LogP contribution in [0.25, 0.3) is 0 Å². The molecule has 1 atom stereocenters. The largest absolute Gasteiger partial charge is 0.467 e. The number of thiophene rings is 1. The summed E-state index contributed by atoms with van der Waals surface area (Å²) in [6.07, 6.45) is 4.88. The Morgan fingerprint density at radius 1 is 1.19 bits per heavy atom. The molecule has 1 aliphatic heterocycles. The fourth-order valence-corrected chi connectivity index (χ4v) is 4.71. The van der Waals surface area contributed by atoms with Crippen molar-refractivity contribution in [3.05, 3.63) is 45.3 Å². The first kappa shape index (κ1) is 24.0. The minimum absolute atomic E-state index is 0.370. The van der Waals surface area contributed by atoms with Crippen LogP contribution in [0, 0.1) is 0 Å². The lowest BCUT2D eigenvalue weighted by atomic mass is 10.1. The molecule has 0 saturated heterocycles. The average molecular weight is 460 g/mol. The zero-order valence-corrected chi connectivity index (χ0v) is 20.1. The van der Waals surface area contributed by atoms with Gasteiger partial charge in [-0.25, -0.2) is 14.6 Å². The molecular formula is C24H33N3O4S. The number of fused-ring (bicyclic) bond motifs is 1. The first-order valence-electron chi connectivity index (χ1n) is 11.1. The van der Waals surface area contributed by atoms with Crippen molar-refractivity contribution in [1.82, 2.24) is 10.3 Å². The lowest BCUT2D eigenvalue weighted by Crippen LogP contribution is -2.45. The van der Waals surface area contributed by atoms with Gasteiger partial charge in [0.1, 0.15) is 17.5 Å². The summed E-state index contributed by atoms with van der Waals surface area (Å²) in [5, 5.41) is 6.01. The van der Waals surface area contributed by atoms with Crippen molar-refractivity contribution in [2.45, 2.75) is 70.9 Å². The number of carbonyl (C=O) groups is 2. The monoisotopic (exact) mass is 459 g/mol. The lowest BCUT2D eigenvalue weighted by Gasteiger charge is -2.22. The van der Waals surface area contributed by atoms with Crippen LogP contribution in [-0.4, -0.2) is 42.3 Å². The molecule has 8 heteroatoms. The van der Waals surface area contributed by atoms with Crippen LogP contribution < -0.4 is 10.6 Å². The molecule has 0 aliphatic carbocycles. The van der Waals surface area contributed by atoms with Crippen LogP contribution in [0.15, 0.2) is 24.3 Å². The number of methoxy groups -OCH3 is 1. The standard InChI is InChI=1S/C24H33N3O4S/c1-24(2,3)31-23(29)27-20(22(28)30-4)15-19-13-12-18(32-19)9-5-8-17-11-10-16-7-6-14-25-21(16)26-17/h10-13,20H,5-9,14-15H2,1-4H3,(H,25,26)(H,27,29)/t20-/m0/s1. The second kappa shape index (κ2) is 10.8. The Bertz CT molecular complexity index is 936. The van der Waals surface area contributed by atoms with E-state index in [1.54, 1.807) is 32.1 Å². The van der Waals surface area contributed by atoms with Crippen molar-refractivity contribution in [3.8, 4) is 0 Å². The normalized spacial score (nSPS) is 14.1. The number of nitrogens with zero attached hydrogens (tertiary/aromatic N) is 1. The van der Waals surface area contributed by atoms with E-state index in [-0.39, 0.29) is 0 Å². The molecule has 1 amide bonds.